The van der Waals surface area contributed by atoms with E-state index in [1.807, 2.05) is 0 Å². The third-order valence-electron chi connectivity index (χ3n) is 3.17. The molecule has 2 rings (SSSR count). The van der Waals surface area contributed by atoms with E-state index in [-0.39, 0.29) is 16.5 Å². The molecule has 0 amide bonds. The van der Waals surface area contributed by atoms with Gasteiger partial charge in [-0.05, 0) is 29.5 Å². The Hall–Kier alpha value is -1.29. The normalized spacial score (nSPS) is 13.8. The summed E-state index contributed by atoms with van der Waals surface area (Å²) in [5.74, 6) is -0.0359. The highest BCUT2D eigenvalue weighted by molar-refractivity contribution is 7.93. The van der Waals surface area contributed by atoms with Crippen molar-refractivity contribution in [1.29, 1.82) is 0 Å². The van der Waals surface area contributed by atoms with E-state index in [0.29, 0.717) is 12.0 Å². The third kappa shape index (κ3) is 4.60. The average Bonchev–Trinajstić information content (AvgIpc) is 3.03. The Kier molecular flexibility index (Phi) is 5.90. The van der Waals surface area contributed by atoms with Crippen LogP contribution in [0, 0.1) is 0 Å². The van der Waals surface area contributed by atoms with Gasteiger partial charge in [-0.15, -0.1) is 11.3 Å². The summed E-state index contributed by atoms with van der Waals surface area (Å²) in [6.07, 6.45) is 3.45. The molecule has 0 spiro atoms. The van der Waals surface area contributed by atoms with Crippen molar-refractivity contribution in [1.82, 2.24) is 9.71 Å². The molecule has 0 fully saturated rings. The summed E-state index contributed by atoms with van der Waals surface area (Å²) in [7, 11) is -7.19. The van der Waals surface area contributed by atoms with Gasteiger partial charge >= 0.3 is 0 Å². The molecule has 23 heavy (non-hydrogen) atoms. The van der Waals surface area contributed by atoms with Gasteiger partial charge in [-0.2, -0.15) is 0 Å². The second kappa shape index (κ2) is 7.52. The van der Waals surface area contributed by atoms with Gasteiger partial charge in [0.05, 0.1) is 5.75 Å². The largest absolute Gasteiger partial charge is 0.264 e. The van der Waals surface area contributed by atoms with E-state index < -0.39 is 25.1 Å². The van der Waals surface area contributed by atoms with Crippen molar-refractivity contribution in [3.63, 3.8) is 0 Å². The molecule has 0 aliphatic carbocycles. The monoisotopic (exact) mass is 374 g/mol. The van der Waals surface area contributed by atoms with Crippen molar-refractivity contribution < 1.29 is 16.8 Å². The van der Waals surface area contributed by atoms with Crippen LogP contribution in [-0.4, -0.2) is 34.1 Å². The van der Waals surface area contributed by atoms with Crippen LogP contribution in [0.3, 0.4) is 0 Å². The molecule has 0 bridgehead atoms. The second-order valence-corrected chi connectivity index (χ2v) is 10.2. The third-order valence-corrected chi connectivity index (χ3v) is 8.25. The van der Waals surface area contributed by atoms with E-state index in [2.05, 4.69) is 9.71 Å². The Bertz CT molecular complexity index is 816. The predicted octanol–water partition coefficient (Wildman–Crippen LogP) is 1.99. The number of nitrogens with one attached hydrogen (secondary N) is 1. The van der Waals surface area contributed by atoms with Gasteiger partial charge in [0.1, 0.15) is 9.46 Å². The lowest BCUT2D eigenvalue weighted by atomic mass is 10.2. The molecule has 0 aliphatic heterocycles. The van der Waals surface area contributed by atoms with Crippen molar-refractivity contribution >= 4 is 31.2 Å². The van der Waals surface area contributed by atoms with Crippen molar-refractivity contribution in [2.75, 3.05) is 12.3 Å². The molecular formula is C14H18N2O4S3. The van der Waals surface area contributed by atoms with E-state index in [1.54, 1.807) is 36.7 Å². The molecule has 0 aliphatic rings. The zero-order chi connectivity index (χ0) is 16.9. The zero-order valence-electron chi connectivity index (χ0n) is 12.5. The molecule has 126 valence electrons. The van der Waals surface area contributed by atoms with Gasteiger partial charge in [0.15, 0.2) is 9.84 Å². The fourth-order valence-electron chi connectivity index (χ4n) is 2.08. The summed E-state index contributed by atoms with van der Waals surface area (Å²) in [4.78, 5) is 3.94. The minimum absolute atomic E-state index is 0.0359. The van der Waals surface area contributed by atoms with E-state index in [9.17, 15) is 16.8 Å². The lowest BCUT2D eigenvalue weighted by Gasteiger charge is -2.17. The van der Waals surface area contributed by atoms with E-state index in [4.69, 9.17) is 0 Å². The molecule has 9 heteroatoms. The first-order chi connectivity index (χ1) is 10.9. The lowest BCUT2D eigenvalue weighted by molar-refractivity contribution is 0.569. The van der Waals surface area contributed by atoms with Crippen LogP contribution >= 0.6 is 11.3 Å². The standard InChI is InChI=1S/C14H18N2O4S3/c1-2-9-22(17,18)16-11-13(12-5-3-7-15-10-12)23(19,20)14-6-4-8-21-14/h3-8,10,13,16H,2,9,11H2,1H3/t13-/m0/s1. The molecule has 0 radical (unpaired) electrons. The van der Waals surface area contributed by atoms with Gasteiger partial charge in [-0.1, -0.05) is 19.1 Å². The van der Waals surface area contributed by atoms with Crippen LogP contribution in [0.15, 0.2) is 46.2 Å². The molecule has 2 aromatic heterocycles. The maximum Gasteiger partial charge on any atom is 0.211 e. The molecule has 2 aromatic rings. The number of sulfone groups is 1. The van der Waals surface area contributed by atoms with Crippen molar-refractivity contribution in [2.45, 2.75) is 22.8 Å². The SMILES string of the molecule is CCCS(=O)(=O)NC[C@@H](c1cccnc1)S(=O)(=O)c1cccs1. The smallest absolute Gasteiger partial charge is 0.211 e. The lowest BCUT2D eigenvalue weighted by Crippen LogP contribution is -2.33. The van der Waals surface area contributed by atoms with Crippen LogP contribution in [0.25, 0.3) is 0 Å². The molecular weight excluding hydrogens is 356 g/mol. The fraction of sp³-hybridized carbons (Fsp3) is 0.357. The number of sulfonamides is 1. The number of thiophene rings is 1. The fourth-order valence-corrected chi connectivity index (χ4v) is 6.14. The maximum atomic E-state index is 12.8. The summed E-state index contributed by atoms with van der Waals surface area (Å²) >= 11 is 1.11. The quantitative estimate of drug-likeness (QED) is 0.763. The Morgan fingerprint density at radius 3 is 2.57 bits per heavy atom. The van der Waals surface area contributed by atoms with Crippen LogP contribution < -0.4 is 4.72 Å². The summed E-state index contributed by atoms with van der Waals surface area (Å²) in [6, 6.07) is 6.44. The summed E-state index contributed by atoms with van der Waals surface area (Å²) < 4.78 is 52.0. The van der Waals surface area contributed by atoms with Gasteiger partial charge in [0.25, 0.3) is 0 Å². The number of hydrogen-bond donors (Lipinski definition) is 1. The Labute approximate surface area is 140 Å². The van der Waals surface area contributed by atoms with Crippen LogP contribution in [0.4, 0.5) is 0 Å². The number of aromatic nitrogens is 1. The van der Waals surface area contributed by atoms with Gasteiger partial charge < -0.3 is 0 Å². The Morgan fingerprint density at radius 1 is 1.22 bits per heavy atom. The highest BCUT2D eigenvalue weighted by Gasteiger charge is 2.31. The first-order valence-corrected chi connectivity index (χ1v) is 11.1. The van der Waals surface area contributed by atoms with Crippen molar-refractivity contribution in [3.8, 4) is 0 Å². The van der Waals surface area contributed by atoms with Crippen molar-refractivity contribution in [3.05, 3.63) is 47.6 Å². The zero-order valence-corrected chi connectivity index (χ0v) is 15.0. The Balaban J connectivity index is 2.34. The maximum absolute atomic E-state index is 12.8. The number of pyridine rings is 1. The molecule has 1 atom stereocenters. The summed E-state index contributed by atoms with van der Waals surface area (Å²) in [6.45, 7) is 1.54. The first-order valence-electron chi connectivity index (χ1n) is 7.01. The number of nitrogens with zero attached hydrogens (tertiary/aromatic N) is 1. The van der Waals surface area contributed by atoms with Gasteiger partial charge in [0, 0.05) is 18.9 Å². The molecule has 0 saturated heterocycles. The Morgan fingerprint density at radius 2 is 2.00 bits per heavy atom. The van der Waals surface area contributed by atoms with Crippen LogP contribution in [0.5, 0.6) is 0 Å². The van der Waals surface area contributed by atoms with Crippen LogP contribution in [0.2, 0.25) is 0 Å². The van der Waals surface area contributed by atoms with Gasteiger partial charge in [0.2, 0.25) is 10.0 Å². The summed E-state index contributed by atoms with van der Waals surface area (Å²) in [5.41, 5.74) is 0.458. The molecule has 0 aromatic carbocycles. The highest BCUT2D eigenvalue weighted by atomic mass is 32.2. The van der Waals surface area contributed by atoms with Gasteiger partial charge in [-0.3, -0.25) is 4.98 Å². The molecule has 0 saturated carbocycles. The molecule has 2 heterocycles. The molecule has 6 nitrogen and oxygen atoms in total. The average molecular weight is 375 g/mol. The molecule has 0 unspecified atom stereocenters. The van der Waals surface area contributed by atoms with Crippen LogP contribution in [-0.2, 0) is 19.9 Å². The van der Waals surface area contributed by atoms with Crippen molar-refractivity contribution in [2.24, 2.45) is 0 Å². The second-order valence-electron chi connectivity index (χ2n) is 4.92. The highest BCUT2D eigenvalue weighted by Crippen LogP contribution is 2.30. The number of rotatable bonds is 8. The summed E-state index contributed by atoms with van der Waals surface area (Å²) in [5, 5.41) is 0.663. The minimum Gasteiger partial charge on any atom is -0.264 e. The molecule has 1 N–H and O–H groups in total. The minimum atomic E-state index is -3.70. The van der Waals surface area contributed by atoms with Crippen LogP contribution in [0.1, 0.15) is 24.2 Å². The number of hydrogen-bond acceptors (Lipinski definition) is 6. The van der Waals surface area contributed by atoms with Gasteiger partial charge in [-0.25, -0.2) is 21.6 Å². The predicted molar refractivity (Wildman–Crippen MR) is 90.6 cm³/mol. The van der Waals surface area contributed by atoms with E-state index in [0.717, 1.165) is 11.3 Å². The van der Waals surface area contributed by atoms with E-state index >= 15 is 0 Å². The van der Waals surface area contributed by atoms with E-state index in [1.165, 1.54) is 12.3 Å². The topological polar surface area (TPSA) is 93.2 Å². The first kappa shape index (κ1) is 18.1.